The average Bonchev–Trinajstić information content (AvgIpc) is 3.13. The summed E-state index contributed by atoms with van der Waals surface area (Å²) in [5.41, 5.74) is 1.94. The van der Waals surface area contributed by atoms with Gasteiger partial charge in [-0.2, -0.15) is 0 Å². The molecular weight excluding hydrogens is 347 g/mol. The van der Waals surface area contributed by atoms with Gasteiger partial charge in [-0.3, -0.25) is 4.79 Å². The number of hydrogen-bond acceptors (Lipinski definition) is 5. The Labute approximate surface area is 156 Å². The van der Waals surface area contributed by atoms with Crippen LogP contribution in [0.2, 0.25) is 0 Å². The van der Waals surface area contributed by atoms with Crippen LogP contribution in [0.25, 0.3) is 11.4 Å². The number of amides is 1. The summed E-state index contributed by atoms with van der Waals surface area (Å²) in [4.78, 5) is 27.4. The van der Waals surface area contributed by atoms with Gasteiger partial charge in [0.1, 0.15) is 17.7 Å². The molecule has 1 N–H and O–H groups in total. The van der Waals surface area contributed by atoms with Gasteiger partial charge in [0.2, 0.25) is 11.9 Å². The van der Waals surface area contributed by atoms with E-state index in [4.69, 9.17) is 0 Å². The van der Waals surface area contributed by atoms with Crippen molar-refractivity contribution in [2.45, 2.75) is 19.9 Å². The van der Waals surface area contributed by atoms with E-state index in [1.807, 2.05) is 21.0 Å². The summed E-state index contributed by atoms with van der Waals surface area (Å²) in [6.07, 6.45) is 6.68. The molecule has 0 radical (unpaired) electrons. The van der Waals surface area contributed by atoms with Crippen LogP contribution in [0, 0.1) is 12.7 Å². The van der Waals surface area contributed by atoms with E-state index in [-0.39, 0.29) is 5.91 Å². The molecule has 0 unspecified atom stereocenters. The number of hydrogen-bond donors (Lipinski definition) is 1. The Hall–Kier alpha value is -3.29. The van der Waals surface area contributed by atoms with Crippen molar-refractivity contribution in [2.75, 3.05) is 24.3 Å². The fraction of sp³-hybridized carbons (Fsp3) is 0.263. The molecule has 2 aromatic heterocycles. The van der Waals surface area contributed by atoms with Gasteiger partial charge >= 0.3 is 0 Å². The SMILES string of the molecule is Cc1ccc(F)cc1NC(=O)[C@@H](C)n1ccnc1-c1cnc(N(C)C)nc1. The molecule has 1 amide bonds. The van der Waals surface area contributed by atoms with Gasteiger partial charge in [0.25, 0.3) is 0 Å². The van der Waals surface area contributed by atoms with Crippen LogP contribution in [0.4, 0.5) is 16.0 Å². The maximum absolute atomic E-state index is 13.5. The predicted octanol–water partition coefficient (Wildman–Crippen LogP) is 3.05. The van der Waals surface area contributed by atoms with Crippen molar-refractivity contribution in [1.29, 1.82) is 0 Å². The normalized spacial score (nSPS) is 11.9. The Kier molecular flexibility index (Phi) is 5.16. The van der Waals surface area contributed by atoms with Crippen molar-refractivity contribution in [2.24, 2.45) is 0 Å². The Morgan fingerprint density at radius 1 is 1.22 bits per heavy atom. The fourth-order valence-electron chi connectivity index (χ4n) is 2.61. The van der Waals surface area contributed by atoms with E-state index in [1.54, 1.807) is 47.2 Å². The molecule has 2 heterocycles. The van der Waals surface area contributed by atoms with Gasteiger partial charge in [-0.15, -0.1) is 0 Å². The number of rotatable bonds is 5. The Balaban J connectivity index is 1.83. The molecule has 3 aromatic rings. The van der Waals surface area contributed by atoms with Crippen LogP contribution < -0.4 is 10.2 Å². The van der Waals surface area contributed by atoms with Gasteiger partial charge in [0, 0.05) is 44.6 Å². The molecule has 0 aliphatic rings. The third-order valence-corrected chi connectivity index (χ3v) is 4.22. The first-order chi connectivity index (χ1) is 12.9. The Morgan fingerprint density at radius 3 is 2.59 bits per heavy atom. The molecule has 0 aliphatic heterocycles. The molecule has 27 heavy (non-hydrogen) atoms. The highest BCUT2D eigenvalue weighted by molar-refractivity contribution is 5.94. The largest absolute Gasteiger partial charge is 0.347 e. The zero-order chi connectivity index (χ0) is 19.6. The van der Waals surface area contributed by atoms with Gasteiger partial charge in [0.15, 0.2) is 0 Å². The molecule has 8 heteroatoms. The number of benzene rings is 1. The lowest BCUT2D eigenvalue weighted by molar-refractivity contribution is -0.118. The Bertz CT molecular complexity index is 951. The van der Waals surface area contributed by atoms with Gasteiger partial charge in [0.05, 0.1) is 5.56 Å². The highest BCUT2D eigenvalue weighted by Crippen LogP contribution is 2.23. The summed E-state index contributed by atoms with van der Waals surface area (Å²) in [5.74, 6) is 0.502. The summed E-state index contributed by atoms with van der Waals surface area (Å²) in [7, 11) is 3.72. The summed E-state index contributed by atoms with van der Waals surface area (Å²) in [6, 6.07) is 3.74. The van der Waals surface area contributed by atoms with Crippen LogP contribution in [0.15, 0.2) is 43.0 Å². The molecule has 0 aliphatic carbocycles. The van der Waals surface area contributed by atoms with Crippen molar-refractivity contribution >= 4 is 17.5 Å². The van der Waals surface area contributed by atoms with Gasteiger partial charge < -0.3 is 14.8 Å². The molecule has 0 fully saturated rings. The average molecular weight is 368 g/mol. The minimum absolute atomic E-state index is 0.270. The van der Waals surface area contributed by atoms with Gasteiger partial charge in [-0.1, -0.05) is 6.07 Å². The molecule has 0 saturated carbocycles. The molecule has 7 nitrogen and oxygen atoms in total. The second-order valence-corrected chi connectivity index (χ2v) is 6.45. The molecule has 0 bridgehead atoms. The lowest BCUT2D eigenvalue weighted by Crippen LogP contribution is -2.24. The van der Waals surface area contributed by atoms with Gasteiger partial charge in [-0.05, 0) is 31.5 Å². The standard InChI is InChI=1S/C19H21FN6O/c1-12-5-6-15(20)9-16(12)24-18(27)13(2)26-8-7-21-17(26)14-10-22-19(23-11-14)25(3)4/h5-11,13H,1-4H3,(H,24,27)/t13-/m1/s1. The minimum Gasteiger partial charge on any atom is -0.347 e. The highest BCUT2D eigenvalue weighted by Gasteiger charge is 2.20. The molecule has 0 saturated heterocycles. The fourth-order valence-corrected chi connectivity index (χ4v) is 2.61. The van der Waals surface area contributed by atoms with E-state index in [2.05, 4.69) is 20.3 Å². The van der Waals surface area contributed by atoms with E-state index >= 15 is 0 Å². The van der Waals surface area contributed by atoms with Crippen LogP contribution in [0.1, 0.15) is 18.5 Å². The minimum atomic E-state index is -0.557. The van der Waals surface area contributed by atoms with Crippen molar-refractivity contribution < 1.29 is 9.18 Å². The molecule has 1 aromatic carbocycles. The number of carbonyl (C=O) groups is 1. The van der Waals surface area contributed by atoms with E-state index in [9.17, 15) is 9.18 Å². The van der Waals surface area contributed by atoms with Crippen LogP contribution in [0.3, 0.4) is 0 Å². The number of anilines is 2. The number of carbonyl (C=O) groups excluding carboxylic acids is 1. The zero-order valence-corrected chi connectivity index (χ0v) is 15.6. The number of imidazole rings is 1. The molecule has 3 rings (SSSR count). The summed E-state index contributed by atoms with van der Waals surface area (Å²) >= 11 is 0. The van der Waals surface area contributed by atoms with Crippen molar-refractivity contribution in [1.82, 2.24) is 19.5 Å². The predicted molar refractivity (Wildman–Crippen MR) is 102 cm³/mol. The number of halogens is 1. The maximum Gasteiger partial charge on any atom is 0.247 e. The van der Waals surface area contributed by atoms with E-state index in [1.165, 1.54) is 12.1 Å². The second kappa shape index (κ2) is 7.53. The Morgan fingerprint density at radius 2 is 1.93 bits per heavy atom. The summed E-state index contributed by atoms with van der Waals surface area (Å²) in [5, 5.41) is 2.78. The van der Waals surface area contributed by atoms with Crippen molar-refractivity contribution in [3.8, 4) is 11.4 Å². The topological polar surface area (TPSA) is 75.9 Å². The number of nitrogens with zero attached hydrogens (tertiary/aromatic N) is 5. The third-order valence-electron chi connectivity index (χ3n) is 4.22. The van der Waals surface area contributed by atoms with Crippen molar-refractivity contribution in [3.05, 3.63) is 54.4 Å². The third kappa shape index (κ3) is 3.94. The smallest absolute Gasteiger partial charge is 0.247 e. The van der Waals surface area contributed by atoms with Crippen LogP contribution in [0.5, 0.6) is 0 Å². The number of nitrogens with one attached hydrogen (secondary N) is 1. The summed E-state index contributed by atoms with van der Waals surface area (Å²) in [6.45, 7) is 3.57. The van der Waals surface area contributed by atoms with E-state index in [0.717, 1.165) is 5.56 Å². The first kappa shape index (κ1) is 18.5. The van der Waals surface area contributed by atoms with E-state index in [0.29, 0.717) is 23.0 Å². The summed E-state index contributed by atoms with van der Waals surface area (Å²) < 4.78 is 15.2. The lowest BCUT2D eigenvalue weighted by Gasteiger charge is -2.17. The molecular formula is C19H21FN6O. The first-order valence-corrected chi connectivity index (χ1v) is 8.46. The maximum atomic E-state index is 13.5. The number of aromatic nitrogens is 4. The zero-order valence-electron chi connectivity index (χ0n) is 15.6. The van der Waals surface area contributed by atoms with Crippen LogP contribution >= 0.6 is 0 Å². The van der Waals surface area contributed by atoms with Gasteiger partial charge in [-0.25, -0.2) is 19.3 Å². The second-order valence-electron chi connectivity index (χ2n) is 6.45. The molecule has 0 spiro atoms. The van der Waals surface area contributed by atoms with Crippen LogP contribution in [-0.2, 0) is 4.79 Å². The first-order valence-electron chi connectivity index (χ1n) is 8.46. The number of aryl methyl sites for hydroxylation is 1. The lowest BCUT2D eigenvalue weighted by atomic mass is 10.2. The highest BCUT2D eigenvalue weighted by atomic mass is 19.1. The van der Waals surface area contributed by atoms with E-state index < -0.39 is 11.9 Å². The molecule has 140 valence electrons. The quantitative estimate of drug-likeness (QED) is 0.749. The van der Waals surface area contributed by atoms with Crippen LogP contribution in [-0.4, -0.2) is 39.5 Å². The monoisotopic (exact) mass is 368 g/mol. The molecule has 1 atom stereocenters. The van der Waals surface area contributed by atoms with Crippen molar-refractivity contribution in [3.63, 3.8) is 0 Å².